The van der Waals surface area contributed by atoms with Crippen LogP contribution in [0.25, 0.3) is 0 Å². The van der Waals surface area contributed by atoms with Crippen molar-refractivity contribution in [3.63, 3.8) is 0 Å². The van der Waals surface area contributed by atoms with Gasteiger partial charge in [0.15, 0.2) is 0 Å². The SMILES string of the molecule is C=C1CCC[C@@]2(CC[C@@H](C)CO2)C1. The summed E-state index contributed by atoms with van der Waals surface area (Å²) in [6.07, 6.45) is 7.49. The fourth-order valence-corrected chi connectivity index (χ4v) is 2.61. The molecule has 0 aromatic heterocycles. The van der Waals surface area contributed by atoms with Gasteiger partial charge in [0.25, 0.3) is 0 Å². The lowest BCUT2D eigenvalue weighted by Crippen LogP contribution is -2.40. The molecular formula is C12H20O. The molecule has 13 heavy (non-hydrogen) atoms. The molecule has 1 saturated carbocycles. The zero-order valence-electron chi connectivity index (χ0n) is 8.64. The molecule has 0 aromatic carbocycles. The van der Waals surface area contributed by atoms with E-state index in [0.29, 0.717) is 0 Å². The first-order valence-corrected chi connectivity index (χ1v) is 5.51. The normalized spacial score (nSPS) is 41.0. The van der Waals surface area contributed by atoms with E-state index in [9.17, 15) is 0 Å². The van der Waals surface area contributed by atoms with Crippen LogP contribution in [0, 0.1) is 5.92 Å². The van der Waals surface area contributed by atoms with Gasteiger partial charge in [-0.2, -0.15) is 0 Å². The predicted octanol–water partition coefficient (Wildman–Crippen LogP) is 3.30. The summed E-state index contributed by atoms with van der Waals surface area (Å²) in [6.45, 7) is 7.35. The molecule has 74 valence electrons. The van der Waals surface area contributed by atoms with Crippen molar-refractivity contribution in [2.45, 2.75) is 51.0 Å². The number of hydrogen-bond acceptors (Lipinski definition) is 1. The minimum Gasteiger partial charge on any atom is -0.374 e. The molecule has 2 aliphatic rings. The molecule has 1 heterocycles. The Morgan fingerprint density at radius 1 is 1.46 bits per heavy atom. The van der Waals surface area contributed by atoms with Crippen molar-refractivity contribution in [2.24, 2.45) is 5.92 Å². The van der Waals surface area contributed by atoms with E-state index in [1.807, 2.05) is 0 Å². The van der Waals surface area contributed by atoms with Gasteiger partial charge in [-0.15, -0.1) is 0 Å². The monoisotopic (exact) mass is 180 g/mol. The molecule has 0 unspecified atom stereocenters. The van der Waals surface area contributed by atoms with Crippen LogP contribution in [0.15, 0.2) is 12.2 Å². The minimum absolute atomic E-state index is 0.210. The zero-order valence-corrected chi connectivity index (χ0v) is 8.64. The maximum Gasteiger partial charge on any atom is 0.0719 e. The van der Waals surface area contributed by atoms with E-state index in [2.05, 4.69) is 13.5 Å². The molecule has 0 radical (unpaired) electrons. The fourth-order valence-electron chi connectivity index (χ4n) is 2.61. The van der Waals surface area contributed by atoms with Crippen LogP contribution >= 0.6 is 0 Å². The van der Waals surface area contributed by atoms with Crippen molar-refractivity contribution in [1.82, 2.24) is 0 Å². The first-order chi connectivity index (χ1) is 6.20. The van der Waals surface area contributed by atoms with Crippen LogP contribution in [0.5, 0.6) is 0 Å². The van der Waals surface area contributed by atoms with Crippen molar-refractivity contribution >= 4 is 0 Å². The van der Waals surface area contributed by atoms with Crippen LogP contribution in [0.4, 0.5) is 0 Å². The fraction of sp³-hybridized carbons (Fsp3) is 0.833. The summed E-state index contributed by atoms with van der Waals surface area (Å²) in [5.74, 6) is 0.765. The second-order valence-corrected chi connectivity index (χ2v) is 4.92. The van der Waals surface area contributed by atoms with Gasteiger partial charge >= 0.3 is 0 Å². The topological polar surface area (TPSA) is 9.23 Å². The molecule has 2 rings (SSSR count). The Labute approximate surface area is 81.2 Å². The van der Waals surface area contributed by atoms with E-state index in [0.717, 1.165) is 18.9 Å². The van der Waals surface area contributed by atoms with Gasteiger partial charge in [0, 0.05) is 6.61 Å². The lowest BCUT2D eigenvalue weighted by Gasteiger charge is -2.42. The highest BCUT2D eigenvalue weighted by molar-refractivity contribution is 5.07. The van der Waals surface area contributed by atoms with Crippen LogP contribution in [0.3, 0.4) is 0 Å². The largest absolute Gasteiger partial charge is 0.374 e. The van der Waals surface area contributed by atoms with Gasteiger partial charge in [0.1, 0.15) is 0 Å². The molecule has 1 heteroatoms. The highest BCUT2D eigenvalue weighted by atomic mass is 16.5. The van der Waals surface area contributed by atoms with Gasteiger partial charge in [-0.1, -0.05) is 19.1 Å². The second kappa shape index (κ2) is 3.45. The van der Waals surface area contributed by atoms with Crippen LogP contribution in [-0.4, -0.2) is 12.2 Å². The van der Waals surface area contributed by atoms with Gasteiger partial charge < -0.3 is 4.74 Å². The molecular weight excluding hydrogens is 160 g/mol. The Kier molecular flexibility index (Phi) is 2.46. The molecule has 2 fully saturated rings. The van der Waals surface area contributed by atoms with Crippen molar-refractivity contribution < 1.29 is 4.74 Å². The van der Waals surface area contributed by atoms with E-state index < -0.39 is 0 Å². The molecule has 1 saturated heterocycles. The lowest BCUT2D eigenvalue weighted by atomic mass is 9.76. The molecule has 2 atom stereocenters. The Morgan fingerprint density at radius 2 is 2.31 bits per heavy atom. The Hall–Kier alpha value is -0.300. The molecule has 0 amide bonds. The molecule has 1 aliphatic heterocycles. The second-order valence-electron chi connectivity index (χ2n) is 4.92. The van der Waals surface area contributed by atoms with Gasteiger partial charge in [-0.05, 0) is 44.4 Å². The van der Waals surface area contributed by atoms with E-state index >= 15 is 0 Å². The average molecular weight is 180 g/mol. The molecule has 0 aromatic rings. The average Bonchev–Trinajstić information content (AvgIpc) is 2.11. The van der Waals surface area contributed by atoms with Crippen molar-refractivity contribution in [1.29, 1.82) is 0 Å². The van der Waals surface area contributed by atoms with Crippen LogP contribution in [-0.2, 0) is 4.74 Å². The van der Waals surface area contributed by atoms with Crippen LogP contribution < -0.4 is 0 Å². The summed E-state index contributed by atoms with van der Waals surface area (Å²) in [4.78, 5) is 0. The Balaban J connectivity index is 1.99. The predicted molar refractivity (Wildman–Crippen MR) is 54.7 cm³/mol. The third-order valence-electron chi connectivity index (χ3n) is 3.50. The third-order valence-corrected chi connectivity index (χ3v) is 3.50. The summed E-state index contributed by atoms with van der Waals surface area (Å²) in [5.41, 5.74) is 1.61. The van der Waals surface area contributed by atoms with Gasteiger partial charge in [-0.3, -0.25) is 0 Å². The van der Waals surface area contributed by atoms with Crippen molar-refractivity contribution in [3.05, 3.63) is 12.2 Å². The standard InChI is InChI=1S/C12H20O/c1-10-4-3-6-12(8-10)7-5-11(2)9-13-12/h11H,1,3-9H2,2H3/t11-,12-/m1/s1. The maximum absolute atomic E-state index is 6.03. The third kappa shape index (κ3) is 1.96. The highest BCUT2D eigenvalue weighted by Crippen LogP contribution is 2.41. The summed E-state index contributed by atoms with van der Waals surface area (Å²) >= 11 is 0. The number of hydrogen-bond donors (Lipinski definition) is 0. The van der Waals surface area contributed by atoms with Gasteiger partial charge in [0.05, 0.1) is 5.60 Å². The number of rotatable bonds is 0. The van der Waals surface area contributed by atoms with Crippen molar-refractivity contribution in [2.75, 3.05) is 6.61 Å². The smallest absolute Gasteiger partial charge is 0.0719 e. The molecule has 0 N–H and O–H groups in total. The molecule has 0 bridgehead atoms. The summed E-state index contributed by atoms with van der Waals surface area (Å²) < 4.78 is 6.03. The number of ether oxygens (including phenoxy) is 1. The lowest BCUT2D eigenvalue weighted by molar-refractivity contribution is -0.108. The van der Waals surface area contributed by atoms with Crippen molar-refractivity contribution in [3.8, 4) is 0 Å². The maximum atomic E-state index is 6.03. The zero-order chi connectivity index (χ0) is 9.31. The van der Waals surface area contributed by atoms with Crippen LogP contribution in [0.1, 0.15) is 45.4 Å². The van der Waals surface area contributed by atoms with E-state index in [-0.39, 0.29) is 5.60 Å². The minimum atomic E-state index is 0.210. The van der Waals surface area contributed by atoms with E-state index in [1.165, 1.54) is 37.7 Å². The molecule has 1 aliphatic carbocycles. The molecule has 1 spiro atoms. The Morgan fingerprint density at radius 3 is 2.92 bits per heavy atom. The molecule has 1 nitrogen and oxygen atoms in total. The summed E-state index contributed by atoms with van der Waals surface area (Å²) in [5, 5.41) is 0. The highest BCUT2D eigenvalue weighted by Gasteiger charge is 2.37. The summed E-state index contributed by atoms with van der Waals surface area (Å²) in [6, 6.07) is 0. The summed E-state index contributed by atoms with van der Waals surface area (Å²) in [7, 11) is 0. The van der Waals surface area contributed by atoms with Crippen LogP contribution in [0.2, 0.25) is 0 Å². The first-order valence-electron chi connectivity index (χ1n) is 5.51. The quantitative estimate of drug-likeness (QED) is 0.520. The van der Waals surface area contributed by atoms with Gasteiger partial charge in [0.2, 0.25) is 0 Å². The first kappa shape index (κ1) is 9.26. The van der Waals surface area contributed by atoms with E-state index in [1.54, 1.807) is 0 Å². The van der Waals surface area contributed by atoms with E-state index in [4.69, 9.17) is 4.74 Å². The Bertz CT molecular complexity index is 199. The van der Waals surface area contributed by atoms with Gasteiger partial charge in [-0.25, -0.2) is 0 Å².